The molecule has 106 valence electrons. The molecule has 2 aromatic rings. The largest absolute Gasteiger partial charge is 0.384 e. The number of para-hydroxylation sites is 1. The standard InChI is InChI=1S/C15H20N4O/c1-11-6-4-5-7-13(11)16-9-8-15(20)17-14-10-12(2)18-19(14)3/h4-7,10,16H,8-9H2,1-3H3,(H,17,20). The Balaban J connectivity index is 1.81. The van der Waals surface area contributed by atoms with Gasteiger partial charge in [0.05, 0.1) is 5.69 Å². The highest BCUT2D eigenvalue weighted by molar-refractivity contribution is 5.90. The van der Waals surface area contributed by atoms with Gasteiger partial charge in [-0.1, -0.05) is 18.2 Å². The number of benzene rings is 1. The van der Waals surface area contributed by atoms with Crippen LogP contribution in [0.1, 0.15) is 17.7 Å². The Bertz CT molecular complexity index is 604. The lowest BCUT2D eigenvalue weighted by molar-refractivity contribution is -0.116. The van der Waals surface area contributed by atoms with Gasteiger partial charge in [0.1, 0.15) is 5.82 Å². The van der Waals surface area contributed by atoms with Crippen LogP contribution in [0, 0.1) is 13.8 Å². The van der Waals surface area contributed by atoms with E-state index in [2.05, 4.69) is 15.7 Å². The molecule has 0 radical (unpaired) electrons. The third-order valence-corrected chi connectivity index (χ3v) is 3.08. The van der Waals surface area contributed by atoms with Crippen molar-refractivity contribution < 1.29 is 4.79 Å². The summed E-state index contributed by atoms with van der Waals surface area (Å²) in [5, 5.41) is 10.3. The van der Waals surface area contributed by atoms with E-state index in [1.54, 1.807) is 4.68 Å². The van der Waals surface area contributed by atoms with Gasteiger partial charge in [-0.2, -0.15) is 5.10 Å². The first kappa shape index (κ1) is 14.1. The highest BCUT2D eigenvalue weighted by Gasteiger charge is 2.06. The van der Waals surface area contributed by atoms with Crippen LogP contribution in [0.5, 0.6) is 0 Å². The van der Waals surface area contributed by atoms with Gasteiger partial charge in [-0.3, -0.25) is 9.48 Å². The molecule has 1 aromatic heterocycles. The Morgan fingerprint density at radius 3 is 2.70 bits per heavy atom. The molecule has 0 atom stereocenters. The Kier molecular flexibility index (Phi) is 4.40. The van der Waals surface area contributed by atoms with E-state index in [4.69, 9.17) is 0 Å². The maximum atomic E-state index is 11.9. The summed E-state index contributed by atoms with van der Waals surface area (Å²) >= 11 is 0. The van der Waals surface area contributed by atoms with Gasteiger partial charge in [-0.05, 0) is 25.5 Å². The minimum Gasteiger partial charge on any atom is -0.384 e. The number of anilines is 2. The summed E-state index contributed by atoms with van der Waals surface area (Å²) in [5.41, 5.74) is 3.13. The summed E-state index contributed by atoms with van der Waals surface area (Å²) in [7, 11) is 1.81. The van der Waals surface area contributed by atoms with E-state index in [1.807, 2.05) is 51.2 Å². The number of carbonyl (C=O) groups excluding carboxylic acids is 1. The molecule has 0 bridgehead atoms. The molecule has 0 unspecified atom stereocenters. The highest BCUT2D eigenvalue weighted by Crippen LogP contribution is 2.13. The molecule has 1 aromatic carbocycles. The van der Waals surface area contributed by atoms with Gasteiger partial charge in [0, 0.05) is 31.8 Å². The van der Waals surface area contributed by atoms with Gasteiger partial charge < -0.3 is 10.6 Å². The molecule has 1 amide bonds. The normalized spacial score (nSPS) is 10.3. The average molecular weight is 272 g/mol. The summed E-state index contributed by atoms with van der Waals surface area (Å²) in [6.07, 6.45) is 0.415. The van der Waals surface area contributed by atoms with Crippen LogP contribution in [0.2, 0.25) is 0 Å². The van der Waals surface area contributed by atoms with E-state index >= 15 is 0 Å². The Morgan fingerprint density at radius 1 is 1.30 bits per heavy atom. The minimum atomic E-state index is -0.0194. The van der Waals surface area contributed by atoms with Gasteiger partial charge in [-0.15, -0.1) is 0 Å². The molecule has 0 aliphatic heterocycles. The second-order valence-corrected chi connectivity index (χ2v) is 4.83. The SMILES string of the molecule is Cc1cc(NC(=O)CCNc2ccccc2C)n(C)n1. The van der Waals surface area contributed by atoms with Crippen molar-refractivity contribution >= 4 is 17.4 Å². The fourth-order valence-corrected chi connectivity index (χ4v) is 2.01. The molecule has 5 heteroatoms. The van der Waals surface area contributed by atoms with Gasteiger partial charge in [0.25, 0.3) is 0 Å². The molecule has 0 aliphatic rings. The summed E-state index contributed by atoms with van der Waals surface area (Å²) in [4.78, 5) is 11.9. The van der Waals surface area contributed by atoms with Crippen molar-refractivity contribution in [2.24, 2.45) is 7.05 Å². The topological polar surface area (TPSA) is 59.0 Å². The molecule has 0 saturated heterocycles. The fourth-order valence-electron chi connectivity index (χ4n) is 2.01. The third-order valence-electron chi connectivity index (χ3n) is 3.08. The summed E-state index contributed by atoms with van der Waals surface area (Å²) in [6.45, 7) is 4.55. The molecule has 0 aliphatic carbocycles. The molecule has 0 saturated carbocycles. The number of rotatable bonds is 5. The van der Waals surface area contributed by atoms with E-state index in [-0.39, 0.29) is 5.91 Å². The molecule has 0 fully saturated rings. The number of amides is 1. The van der Waals surface area contributed by atoms with Crippen molar-refractivity contribution in [2.45, 2.75) is 20.3 Å². The van der Waals surface area contributed by atoms with Crippen molar-refractivity contribution in [3.63, 3.8) is 0 Å². The summed E-state index contributed by atoms with van der Waals surface area (Å²) in [6, 6.07) is 9.89. The second-order valence-electron chi connectivity index (χ2n) is 4.83. The number of carbonyl (C=O) groups is 1. The molecule has 0 spiro atoms. The van der Waals surface area contributed by atoms with Crippen LogP contribution in [0.4, 0.5) is 11.5 Å². The zero-order valence-corrected chi connectivity index (χ0v) is 12.1. The Morgan fingerprint density at radius 2 is 2.05 bits per heavy atom. The molecular formula is C15H20N4O. The van der Waals surface area contributed by atoms with Crippen LogP contribution in [0.25, 0.3) is 0 Å². The maximum absolute atomic E-state index is 11.9. The first-order valence-corrected chi connectivity index (χ1v) is 6.66. The first-order chi connectivity index (χ1) is 9.56. The van der Waals surface area contributed by atoms with Crippen LogP contribution >= 0.6 is 0 Å². The maximum Gasteiger partial charge on any atom is 0.227 e. The van der Waals surface area contributed by atoms with Crippen LogP contribution in [0.15, 0.2) is 30.3 Å². The third kappa shape index (κ3) is 3.60. The van der Waals surface area contributed by atoms with Crippen molar-refractivity contribution in [3.05, 3.63) is 41.6 Å². The van der Waals surface area contributed by atoms with Crippen LogP contribution < -0.4 is 10.6 Å². The van der Waals surface area contributed by atoms with Gasteiger partial charge in [-0.25, -0.2) is 0 Å². The molecule has 2 rings (SSSR count). The molecule has 1 heterocycles. The van der Waals surface area contributed by atoms with Crippen LogP contribution in [-0.4, -0.2) is 22.2 Å². The highest BCUT2D eigenvalue weighted by atomic mass is 16.1. The second kappa shape index (κ2) is 6.23. The lowest BCUT2D eigenvalue weighted by Gasteiger charge is -2.09. The smallest absolute Gasteiger partial charge is 0.227 e. The van der Waals surface area contributed by atoms with Gasteiger partial charge in [0.2, 0.25) is 5.91 Å². The first-order valence-electron chi connectivity index (χ1n) is 6.66. The summed E-state index contributed by atoms with van der Waals surface area (Å²) < 4.78 is 1.67. The van der Waals surface area contributed by atoms with Gasteiger partial charge >= 0.3 is 0 Å². The lowest BCUT2D eigenvalue weighted by Crippen LogP contribution is -2.18. The average Bonchev–Trinajstić information content (AvgIpc) is 2.70. The van der Waals surface area contributed by atoms with Gasteiger partial charge in [0.15, 0.2) is 0 Å². The number of hydrogen-bond donors (Lipinski definition) is 2. The zero-order valence-electron chi connectivity index (χ0n) is 12.1. The zero-order chi connectivity index (χ0) is 14.5. The number of nitrogens with one attached hydrogen (secondary N) is 2. The fraction of sp³-hybridized carbons (Fsp3) is 0.333. The Labute approximate surface area is 119 Å². The van der Waals surface area contributed by atoms with Crippen molar-refractivity contribution in [3.8, 4) is 0 Å². The van der Waals surface area contributed by atoms with E-state index in [1.165, 1.54) is 5.56 Å². The predicted octanol–water partition coefficient (Wildman–Crippen LogP) is 2.48. The predicted molar refractivity (Wildman–Crippen MR) is 80.9 cm³/mol. The quantitative estimate of drug-likeness (QED) is 0.879. The summed E-state index contributed by atoms with van der Waals surface area (Å²) in [5.74, 6) is 0.706. The van der Waals surface area contributed by atoms with Crippen molar-refractivity contribution in [2.75, 3.05) is 17.2 Å². The van der Waals surface area contributed by atoms with E-state index < -0.39 is 0 Å². The minimum absolute atomic E-state index is 0.0194. The lowest BCUT2D eigenvalue weighted by atomic mass is 10.2. The number of nitrogens with zero attached hydrogens (tertiary/aromatic N) is 2. The van der Waals surface area contributed by atoms with E-state index in [9.17, 15) is 4.79 Å². The van der Waals surface area contributed by atoms with E-state index in [0.29, 0.717) is 13.0 Å². The molecule has 5 nitrogen and oxygen atoms in total. The Hall–Kier alpha value is -2.30. The number of hydrogen-bond acceptors (Lipinski definition) is 3. The number of aromatic nitrogens is 2. The number of aryl methyl sites for hydroxylation is 3. The molecule has 2 N–H and O–H groups in total. The van der Waals surface area contributed by atoms with Crippen LogP contribution in [0.3, 0.4) is 0 Å². The molecule has 20 heavy (non-hydrogen) atoms. The van der Waals surface area contributed by atoms with Crippen molar-refractivity contribution in [1.82, 2.24) is 9.78 Å². The van der Waals surface area contributed by atoms with E-state index in [0.717, 1.165) is 17.2 Å². The monoisotopic (exact) mass is 272 g/mol. The van der Waals surface area contributed by atoms with Crippen LogP contribution in [-0.2, 0) is 11.8 Å². The van der Waals surface area contributed by atoms with Crippen molar-refractivity contribution in [1.29, 1.82) is 0 Å². The molecular weight excluding hydrogens is 252 g/mol.